The number of hydrogen-bond acceptors (Lipinski definition) is 4. The molecular weight excluding hydrogens is 592 g/mol. The van der Waals surface area contributed by atoms with Gasteiger partial charge in [0.1, 0.15) is 0 Å². The fourth-order valence-electron chi connectivity index (χ4n) is 7.04. The van der Waals surface area contributed by atoms with E-state index in [0.29, 0.717) is 0 Å². The van der Waals surface area contributed by atoms with Gasteiger partial charge < -0.3 is 39.5 Å². The van der Waals surface area contributed by atoms with Gasteiger partial charge in [0.05, 0.1) is 67.0 Å². The molecule has 0 saturated heterocycles. The molecular formula is C40H36N8. The second-order valence-corrected chi connectivity index (χ2v) is 12.2. The Bertz CT molecular complexity index is 2060. The Morgan fingerprint density at radius 2 is 0.583 bits per heavy atom. The van der Waals surface area contributed by atoms with Crippen molar-refractivity contribution in [1.82, 2.24) is 39.5 Å². The molecule has 0 saturated carbocycles. The lowest BCUT2D eigenvalue weighted by molar-refractivity contribution is 0.572. The Labute approximate surface area is 278 Å². The van der Waals surface area contributed by atoms with Crippen molar-refractivity contribution in [1.29, 1.82) is 0 Å². The maximum Gasteiger partial charge on any atom is 0.0887 e. The summed E-state index contributed by atoms with van der Waals surface area (Å²) >= 11 is 0. The van der Waals surface area contributed by atoms with Crippen LogP contribution in [0.5, 0.6) is 0 Å². The fourth-order valence-corrected chi connectivity index (χ4v) is 7.04. The summed E-state index contributed by atoms with van der Waals surface area (Å²) in [4.78, 5) is 24.5. The predicted octanol–water partition coefficient (Wildman–Crippen LogP) is 3.48. The zero-order valence-corrected chi connectivity index (χ0v) is 26.5. The Balaban J connectivity index is 1.37. The SMILES string of the molecule is C1=CCN(C2=c3ccc([nH]3)=C(N3C=CC=CC3)c3ccc([nH]3)C(N3C=CC=CC3)=c3ccc([nH]3)=C(N3C=CC=CC3)c3ccc2[nH]3)C=C1. The Morgan fingerprint density at radius 1 is 0.312 bits per heavy atom. The van der Waals surface area contributed by atoms with E-state index in [1.807, 2.05) is 0 Å². The van der Waals surface area contributed by atoms with Crippen molar-refractivity contribution in [3.05, 3.63) is 190 Å². The number of nitrogens with one attached hydrogen (secondary N) is 4. The largest absolute Gasteiger partial charge is 0.352 e. The van der Waals surface area contributed by atoms with Crippen LogP contribution in [0.15, 0.2) is 146 Å². The second kappa shape index (κ2) is 11.8. The van der Waals surface area contributed by atoms with E-state index in [-0.39, 0.29) is 0 Å². The molecule has 8 bridgehead atoms. The molecule has 236 valence electrons. The number of fused-ring (bicyclic) bond motifs is 8. The predicted molar refractivity (Wildman–Crippen MR) is 192 cm³/mol. The van der Waals surface area contributed by atoms with Crippen molar-refractivity contribution in [2.75, 3.05) is 26.2 Å². The van der Waals surface area contributed by atoms with Gasteiger partial charge in [0.2, 0.25) is 0 Å². The number of rotatable bonds is 4. The highest BCUT2D eigenvalue weighted by atomic mass is 15.2. The summed E-state index contributed by atoms with van der Waals surface area (Å²) in [7, 11) is 0. The van der Waals surface area contributed by atoms with Crippen molar-refractivity contribution in [2.24, 2.45) is 0 Å². The number of hydrogen-bond donors (Lipinski definition) is 4. The van der Waals surface area contributed by atoms with Crippen LogP contribution in [-0.4, -0.2) is 65.7 Å². The summed E-state index contributed by atoms with van der Waals surface area (Å²) in [6.07, 6.45) is 34.1. The third kappa shape index (κ3) is 4.95. The van der Waals surface area contributed by atoms with E-state index in [4.69, 9.17) is 0 Å². The minimum atomic E-state index is 0.778. The molecule has 4 aromatic rings. The number of aromatic nitrogens is 4. The minimum absolute atomic E-state index is 0.778. The van der Waals surface area contributed by atoms with Crippen molar-refractivity contribution in [3.8, 4) is 0 Å². The van der Waals surface area contributed by atoms with Crippen LogP contribution in [0.3, 0.4) is 0 Å². The van der Waals surface area contributed by atoms with Crippen molar-refractivity contribution in [3.63, 3.8) is 0 Å². The molecule has 0 unspecified atom stereocenters. The van der Waals surface area contributed by atoms with Crippen LogP contribution in [0.4, 0.5) is 0 Å². The monoisotopic (exact) mass is 628 g/mol. The first-order valence-corrected chi connectivity index (χ1v) is 16.5. The van der Waals surface area contributed by atoms with Gasteiger partial charge in [-0.2, -0.15) is 0 Å². The smallest absolute Gasteiger partial charge is 0.0887 e. The summed E-state index contributed by atoms with van der Waals surface area (Å²) in [6.45, 7) is 3.11. The molecule has 9 rings (SSSR count). The molecule has 0 spiro atoms. The maximum absolute atomic E-state index is 3.84. The average Bonchev–Trinajstić information content (AvgIpc) is 3.98. The topological polar surface area (TPSA) is 76.1 Å². The Hall–Kier alpha value is -6.28. The molecule has 9 heterocycles. The molecule has 0 fully saturated rings. The van der Waals surface area contributed by atoms with Crippen molar-refractivity contribution >= 4 is 22.8 Å². The molecule has 48 heavy (non-hydrogen) atoms. The van der Waals surface area contributed by atoms with Crippen LogP contribution in [0.1, 0.15) is 22.8 Å². The molecule has 0 amide bonds. The third-order valence-corrected chi connectivity index (χ3v) is 9.20. The van der Waals surface area contributed by atoms with Crippen LogP contribution in [0.25, 0.3) is 22.8 Å². The summed E-state index contributed by atoms with van der Waals surface area (Å²) in [5.74, 6) is 0. The summed E-state index contributed by atoms with van der Waals surface area (Å²) < 4.78 is 0. The van der Waals surface area contributed by atoms with Gasteiger partial charge in [-0.3, -0.25) is 0 Å². The molecule has 0 aliphatic carbocycles. The van der Waals surface area contributed by atoms with E-state index in [1.54, 1.807) is 0 Å². The molecule has 5 aliphatic heterocycles. The first kappa shape index (κ1) is 28.0. The highest BCUT2D eigenvalue weighted by Crippen LogP contribution is 2.26. The van der Waals surface area contributed by atoms with Crippen LogP contribution < -0.4 is 21.4 Å². The highest BCUT2D eigenvalue weighted by Gasteiger charge is 2.22. The lowest BCUT2D eigenvalue weighted by Gasteiger charge is -2.25. The number of allylic oxidation sites excluding steroid dienone is 8. The van der Waals surface area contributed by atoms with Gasteiger partial charge in [-0.1, -0.05) is 48.6 Å². The van der Waals surface area contributed by atoms with E-state index in [2.05, 4.69) is 186 Å². The second-order valence-electron chi connectivity index (χ2n) is 12.2. The lowest BCUT2D eigenvalue weighted by Crippen LogP contribution is -2.30. The van der Waals surface area contributed by atoms with Gasteiger partial charge in [0.15, 0.2) is 0 Å². The molecule has 8 nitrogen and oxygen atoms in total. The van der Waals surface area contributed by atoms with E-state index in [9.17, 15) is 0 Å². The van der Waals surface area contributed by atoms with E-state index < -0.39 is 0 Å². The van der Waals surface area contributed by atoms with Crippen molar-refractivity contribution < 1.29 is 0 Å². The molecule has 4 N–H and O–H groups in total. The summed E-state index contributed by atoms with van der Waals surface area (Å²) in [6, 6.07) is 17.6. The molecule has 4 aromatic heterocycles. The van der Waals surface area contributed by atoms with E-state index in [0.717, 1.165) is 93.1 Å². The zero-order valence-electron chi connectivity index (χ0n) is 26.5. The first-order valence-electron chi connectivity index (χ1n) is 16.5. The quantitative estimate of drug-likeness (QED) is 0.279. The van der Waals surface area contributed by atoms with Gasteiger partial charge in [-0.15, -0.1) is 0 Å². The van der Waals surface area contributed by atoms with Crippen molar-refractivity contribution in [2.45, 2.75) is 0 Å². The summed E-state index contributed by atoms with van der Waals surface area (Å²) in [5, 5.41) is 4.14. The Kier molecular flexibility index (Phi) is 6.89. The maximum atomic E-state index is 3.84. The number of nitrogens with zero attached hydrogens (tertiary/aromatic N) is 4. The molecule has 0 radical (unpaired) electrons. The van der Waals surface area contributed by atoms with Gasteiger partial charge in [0, 0.05) is 51.0 Å². The van der Waals surface area contributed by atoms with Gasteiger partial charge in [-0.25, -0.2) is 0 Å². The highest BCUT2D eigenvalue weighted by molar-refractivity contribution is 5.71. The van der Waals surface area contributed by atoms with Gasteiger partial charge >= 0.3 is 0 Å². The normalized spacial score (nSPS) is 18.3. The molecule has 5 aliphatic rings. The van der Waals surface area contributed by atoms with Crippen LogP contribution in [0, 0.1) is 0 Å². The average molecular weight is 629 g/mol. The van der Waals surface area contributed by atoms with Gasteiger partial charge in [0.25, 0.3) is 0 Å². The summed E-state index contributed by atoms with van der Waals surface area (Å²) in [5.41, 5.74) is 8.48. The zero-order chi connectivity index (χ0) is 31.9. The molecule has 0 atom stereocenters. The van der Waals surface area contributed by atoms with Crippen LogP contribution >= 0.6 is 0 Å². The number of H-pyrrole nitrogens is 4. The first-order chi connectivity index (χ1) is 23.8. The van der Waals surface area contributed by atoms with Crippen LogP contribution in [0.2, 0.25) is 0 Å². The van der Waals surface area contributed by atoms with Crippen LogP contribution in [-0.2, 0) is 0 Å². The molecule has 8 heteroatoms. The third-order valence-electron chi connectivity index (χ3n) is 9.20. The fraction of sp³-hybridized carbons (Fsp3) is 0.100. The van der Waals surface area contributed by atoms with Gasteiger partial charge in [-0.05, 0) is 72.8 Å². The number of aromatic amines is 4. The van der Waals surface area contributed by atoms with E-state index >= 15 is 0 Å². The van der Waals surface area contributed by atoms with E-state index in [1.165, 1.54) is 0 Å². The lowest BCUT2D eigenvalue weighted by atomic mass is 10.2. The molecule has 0 aromatic carbocycles. The minimum Gasteiger partial charge on any atom is -0.352 e. The standard InChI is InChI=1S/C40H36N8/c1-5-21-45(22-6-1)37-29-13-15-31(41-29)38(46-23-7-2-8-24-46)33-17-19-35(43-33)40(48-27-11-4-12-28-48)36-20-18-34(44-36)39(32-16-14-30(37)42-32)47-25-9-3-10-26-47/h1-21,23,25,27,41-44H,22,24,26,28H2. The Morgan fingerprint density at radius 3 is 0.812 bits per heavy atom.